The molecule has 0 aromatic heterocycles. The van der Waals surface area contributed by atoms with Crippen molar-refractivity contribution < 1.29 is 0 Å². The van der Waals surface area contributed by atoms with E-state index in [1.54, 1.807) is 25.1 Å². The zero-order valence-corrected chi connectivity index (χ0v) is 6.82. The molecule has 2 nitrogen and oxygen atoms in total. The van der Waals surface area contributed by atoms with Crippen LogP contribution >= 0.6 is 0 Å². The Morgan fingerprint density at radius 2 is 2.00 bits per heavy atom. The summed E-state index contributed by atoms with van der Waals surface area (Å²) in [5, 5.41) is 2.79. The fraction of sp³-hybridized carbons (Fsp3) is 0.111. The zero-order valence-electron chi connectivity index (χ0n) is 6.82. The Morgan fingerprint density at radius 1 is 1.42 bits per heavy atom. The van der Waals surface area contributed by atoms with Crippen molar-refractivity contribution in [3.8, 4) is 0 Å². The van der Waals surface area contributed by atoms with Gasteiger partial charge in [0.05, 0.1) is 5.70 Å². The van der Waals surface area contributed by atoms with Gasteiger partial charge in [-0.05, 0) is 23.7 Å². The van der Waals surface area contributed by atoms with Gasteiger partial charge in [-0.1, -0.05) is 29.7 Å². The van der Waals surface area contributed by atoms with Crippen molar-refractivity contribution in [2.75, 3.05) is 0 Å². The number of benzene rings is 1. The van der Waals surface area contributed by atoms with Crippen molar-refractivity contribution in [3.63, 3.8) is 0 Å². The lowest BCUT2D eigenvalue weighted by Gasteiger charge is -1.94. The summed E-state index contributed by atoms with van der Waals surface area (Å²) in [4.78, 5) is 10.0. The van der Waals surface area contributed by atoms with Gasteiger partial charge in [0.2, 0.25) is 0 Å². The summed E-state index contributed by atoms with van der Waals surface area (Å²) in [7, 11) is 5.48. The number of allylic oxidation sites excluding steroid dienone is 1. The van der Waals surface area contributed by atoms with Gasteiger partial charge in [-0.25, -0.2) is 0 Å². The van der Waals surface area contributed by atoms with Crippen molar-refractivity contribution >= 4 is 19.4 Å². The van der Waals surface area contributed by atoms with Crippen molar-refractivity contribution in [2.24, 2.45) is 5.18 Å². The van der Waals surface area contributed by atoms with Crippen LogP contribution in [0.2, 0.25) is 0 Å². The Hall–Kier alpha value is -1.38. The highest BCUT2D eigenvalue weighted by Gasteiger charge is 1.89. The molecule has 0 atom stereocenters. The van der Waals surface area contributed by atoms with Gasteiger partial charge in [0.25, 0.3) is 0 Å². The van der Waals surface area contributed by atoms with Crippen molar-refractivity contribution in [1.29, 1.82) is 0 Å². The second kappa shape index (κ2) is 3.86. The van der Waals surface area contributed by atoms with Gasteiger partial charge in [-0.3, -0.25) is 0 Å². The number of nitroso groups, excluding NO2 is 1. The Bertz CT molecular complexity index is 303. The normalized spacial score (nSPS) is 11.2. The molecule has 1 aromatic rings. The van der Waals surface area contributed by atoms with E-state index in [0.717, 1.165) is 5.56 Å². The zero-order chi connectivity index (χ0) is 8.97. The highest BCUT2D eigenvalue weighted by molar-refractivity contribution is 6.32. The number of nitrogens with zero attached hydrogens (tertiary/aromatic N) is 1. The molecule has 0 aliphatic carbocycles. The molecule has 0 spiro atoms. The molecule has 1 rings (SSSR count). The second-order valence-corrected chi connectivity index (χ2v) is 2.54. The quantitative estimate of drug-likeness (QED) is 0.473. The Kier molecular flexibility index (Phi) is 2.80. The molecule has 2 radical (unpaired) electrons. The van der Waals surface area contributed by atoms with Gasteiger partial charge in [0, 0.05) is 0 Å². The molecule has 0 aliphatic heterocycles. The lowest BCUT2D eigenvalue weighted by molar-refractivity contribution is 1.31. The average molecular weight is 157 g/mol. The molecule has 12 heavy (non-hydrogen) atoms. The van der Waals surface area contributed by atoms with E-state index in [1.165, 1.54) is 0 Å². The lowest BCUT2D eigenvalue weighted by Crippen LogP contribution is -1.98. The third-order valence-electron chi connectivity index (χ3n) is 1.46. The van der Waals surface area contributed by atoms with E-state index in [0.29, 0.717) is 11.2 Å². The van der Waals surface area contributed by atoms with Crippen LogP contribution in [-0.4, -0.2) is 7.85 Å². The fourth-order valence-electron chi connectivity index (χ4n) is 0.860. The van der Waals surface area contributed by atoms with E-state index < -0.39 is 0 Å². The Labute approximate surface area is 72.7 Å². The van der Waals surface area contributed by atoms with Crippen LogP contribution in [0.5, 0.6) is 0 Å². The second-order valence-electron chi connectivity index (χ2n) is 2.54. The van der Waals surface area contributed by atoms with E-state index in [9.17, 15) is 4.91 Å². The molecule has 0 heterocycles. The molecular weight excluding hydrogens is 149 g/mol. The first kappa shape index (κ1) is 8.72. The van der Waals surface area contributed by atoms with E-state index in [2.05, 4.69) is 5.18 Å². The largest absolute Gasteiger partial charge is 0.145 e. The van der Waals surface area contributed by atoms with Crippen LogP contribution in [-0.2, 0) is 0 Å². The van der Waals surface area contributed by atoms with E-state index in [1.807, 2.05) is 12.1 Å². The molecule has 0 bridgehead atoms. The van der Waals surface area contributed by atoms with Crippen LogP contribution in [0.1, 0.15) is 12.5 Å². The Morgan fingerprint density at radius 3 is 2.50 bits per heavy atom. The van der Waals surface area contributed by atoms with Crippen LogP contribution in [0.25, 0.3) is 6.08 Å². The summed E-state index contributed by atoms with van der Waals surface area (Å²) in [5.74, 6) is 0. The maximum absolute atomic E-state index is 10.0. The van der Waals surface area contributed by atoms with Crippen molar-refractivity contribution in [1.82, 2.24) is 0 Å². The van der Waals surface area contributed by atoms with Crippen molar-refractivity contribution in [2.45, 2.75) is 6.92 Å². The molecule has 0 saturated heterocycles. The fourth-order valence-corrected chi connectivity index (χ4v) is 0.860. The third-order valence-corrected chi connectivity index (χ3v) is 1.46. The predicted molar refractivity (Wildman–Crippen MR) is 51.3 cm³/mol. The van der Waals surface area contributed by atoms with E-state index >= 15 is 0 Å². The third kappa shape index (κ3) is 2.34. The maximum Gasteiger partial charge on any atom is 0.113 e. The molecule has 3 heteroatoms. The molecule has 0 fully saturated rings. The van der Waals surface area contributed by atoms with Gasteiger partial charge in [-0.2, -0.15) is 0 Å². The first-order valence-corrected chi connectivity index (χ1v) is 3.59. The van der Waals surface area contributed by atoms with Crippen LogP contribution in [0.15, 0.2) is 35.1 Å². The molecule has 0 saturated carbocycles. The minimum absolute atomic E-state index is 0.458. The molecule has 1 aromatic carbocycles. The van der Waals surface area contributed by atoms with Crippen molar-refractivity contribution in [3.05, 3.63) is 40.4 Å². The number of hydrogen-bond donors (Lipinski definition) is 0. The summed E-state index contributed by atoms with van der Waals surface area (Å²) in [6, 6.07) is 7.24. The average Bonchev–Trinajstić information content (AvgIpc) is 2.09. The predicted octanol–water partition coefficient (Wildman–Crippen LogP) is 1.61. The molecule has 0 unspecified atom stereocenters. The summed E-state index contributed by atoms with van der Waals surface area (Å²) >= 11 is 0. The van der Waals surface area contributed by atoms with Gasteiger partial charge < -0.3 is 0 Å². The molecule has 0 aliphatic rings. The summed E-state index contributed by atoms with van der Waals surface area (Å²) in [6.45, 7) is 1.66. The number of hydrogen-bond acceptors (Lipinski definition) is 2. The molecule has 0 N–H and O–H groups in total. The standard InChI is InChI=1S/C9H8BNO/c1-7(11-12)6-8-2-4-9(10)5-3-8/h2-6H,1H3. The van der Waals surface area contributed by atoms with Gasteiger partial charge in [0.1, 0.15) is 7.85 Å². The molecular formula is C9H8BNO. The van der Waals surface area contributed by atoms with E-state index in [-0.39, 0.29) is 0 Å². The maximum atomic E-state index is 10.0. The summed E-state index contributed by atoms with van der Waals surface area (Å²) < 4.78 is 0. The summed E-state index contributed by atoms with van der Waals surface area (Å²) in [6.07, 6.45) is 1.70. The minimum atomic E-state index is 0.458. The van der Waals surface area contributed by atoms with Gasteiger partial charge in [-0.15, -0.1) is 4.91 Å². The lowest BCUT2D eigenvalue weighted by atomic mass is 9.95. The first-order valence-electron chi connectivity index (χ1n) is 3.59. The molecule has 58 valence electrons. The highest BCUT2D eigenvalue weighted by atomic mass is 16.3. The topological polar surface area (TPSA) is 29.4 Å². The van der Waals surface area contributed by atoms with Crippen LogP contribution in [0.3, 0.4) is 0 Å². The highest BCUT2D eigenvalue weighted by Crippen LogP contribution is 2.04. The monoisotopic (exact) mass is 157 g/mol. The SMILES string of the molecule is [B]c1ccc(C=C(C)N=O)cc1. The number of rotatable bonds is 2. The van der Waals surface area contributed by atoms with Gasteiger partial charge >= 0.3 is 0 Å². The Balaban J connectivity index is 2.91. The van der Waals surface area contributed by atoms with E-state index in [4.69, 9.17) is 7.85 Å². The van der Waals surface area contributed by atoms with Gasteiger partial charge in [0.15, 0.2) is 0 Å². The van der Waals surface area contributed by atoms with Crippen LogP contribution < -0.4 is 5.46 Å². The first-order chi connectivity index (χ1) is 5.72. The summed E-state index contributed by atoms with van der Waals surface area (Å²) in [5.41, 5.74) is 2.10. The molecule has 0 amide bonds. The van der Waals surface area contributed by atoms with Crippen LogP contribution in [0.4, 0.5) is 0 Å². The minimum Gasteiger partial charge on any atom is -0.145 e. The van der Waals surface area contributed by atoms with Crippen LogP contribution in [0, 0.1) is 4.91 Å². The smallest absolute Gasteiger partial charge is 0.113 e.